The fourth-order valence-corrected chi connectivity index (χ4v) is 5.44. The smallest absolute Gasteiger partial charge is 0.434 e. The Kier molecular flexibility index (Phi) is 11.9. The topological polar surface area (TPSA) is 105 Å². The van der Waals surface area contributed by atoms with Gasteiger partial charge < -0.3 is 18.9 Å². The van der Waals surface area contributed by atoms with E-state index in [9.17, 15) is 19.2 Å². The molecule has 8 nitrogen and oxygen atoms in total. The van der Waals surface area contributed by atoms with Crippen LogP contribution in [0.4, 0.5) is 9.59 Å². The van der Waals surface area contributed by atoms with Crippen molar-refractivity contribution in [3.05, 3.63) is 81.4 Å². The first kappa shape index (κ1) is 32.7. The highest BCUT2D eigenvalue weighted by atomic mass is 16.7. The van der Waals surface area contributed by atoms with Gasteiger partial charge in [-0.3, -0.25) is 9.59 Å². The van der Waals surface area contributed by atoms with E-state index in [1.165, 1.54) is 0 Å². The predicted molar refractivity (Wildman–Crippen MR) is 167 cm³/mol. The minimum absolute atomic E-state index is 0.0919. The van der Waals surface area contributed by atoms with Crippen molar-refractivity contribution < 1.29 is 38.1 Å². The number of carbonyl (C=O) groups excluding carboxylic acids is 4. The Morgan fingerprint density at radius 2 is 1.05 bits per heavy atom. The van der Waals surface area contributed by atoms with Crippen molar-refractivity contribution in [1.82, 2.24) is 0 Å². The number of fused-ring (bicyclic) bond motifs is 3. The molecular formula is C36H42O8. The fraction of sp³-hybridized carbons (Fsp3) is 0.444. The third kappa shape index (κ3) is 7.65. The highest BCUT2D eigenvalue weighted by Gasteiger charge is 2.43. The van der Waals surface area contributed by atoms with Crippen LogP contribution in [0, 0.1) is 0 Å². The fourth-order valence-electron chi connectivity index (χ4n) is 5.44. The van der Waals surface area contributed by atoms with Gasteiger partial charge >= 0.3 is 12.3 Å². The first-order valence-electron chi connectivity index (χ1n) is 15.9. The molecule has 2 aromatic rings. The van der Waals surface area contributed by atoms with Gasteiger partial charge in [-0.05, 0) is 30.9 Å². The molecule has 2 aliphatic carbocycles. The molecule has 234 valence electrons. The van der Waals surface area contributed by atoms with E-state index in [2.05, 4.69) is 13.8 Å². The summed E-state index contributed by atoms with van der Waals surface area (Å²) in [5.74, 6) is -1.23. The van der Waals surface area contributed by atoms with Crippen LogP contribution >= 0.6 is 0 Å². The second-order valence-corrected chi connectivity index (χ2v) is 11.1. The summed E-state index contributed by atoms with van der Waals surface area (Å²) in [5.41, 5.74) is 1.63. The quantitative estimate of drug-likeness (QED) is 0.147. The molecule has 0 fully saturated rings. The van der Waals surface area contributed by atoms with Gasteiger partial charge in [-0.25, -0.2) is 9.59 Å². The van der Waals surface area contributed by atoms with Crippen molar-refractivity contribution in [2.75, 3.05) is 13.2 Å². The monoisotopic (exact) mass is 602 g/mol. The van der Waals surface area contributed by atoms with Crippen molar-refractivity contribution in [2.45, 2.75) is 91.4 Å². The summed E-state index contributed by atoms with van der Waals surface area (Å²) in [6.45, 7) is 6.55. The second kappa shape index (κ2) is 16.0. The molecule has 0 radical (unpaired) electrons. The van der Waals surface area contributed by atoms with Crippen molar-refractivity contribution in [1.29, 1.82) is 0 Å². The van der Waals surface area contributed by atoms with Gasteiger partial charge in [0, 0.05) is 22.3 Å². The molecule has 0 aliphatic heterocycles. The first-order chi connectivity index (χ1) is 21.4. The maximum atomic E-state index is 14.0. The molecule has 0 atom stereocenters. The zero-order chi connectivity index (χ0) is 31.5. The molecule has 0 unspecified atom stereocenters. The van der Waals surface area contributed by atoms with Crippen molar-refractivity contribution in [2.24, 2.45) is 0 Å². The van der Waals surface area contributed by atoms with Gasteiger partial charge in [0.15, 0.2) is 23.1 Å². The molecule has 0 aromatic heterocycles. The summed E-state index contributed by atoms with van der Waals surface area (Å²) in [6.07, 6.45) is 8.45. The Hall–Kier alpha value is -4.20. The van der Waals surface area contributed by atoms with Crippen LogP contribution < -0.4 is 0 Å². The molecule has 0 saturated carbocycles. The summed E-state index contributed by atoms with van der Waals surface area (Å²) in [6, 6.07) is 11.7. The summed E-state index contributed by atoms with van der Waals surface area (Å²) in [4.78, 5) is 53.9. The standard InChI is InChI=1S/C36H42O8/c1-4-7-9-11-15-21-41-35(39)43-33-27-18-14-13-17-25(27)31(37)30-29(33)32(38)26-20-19-24(6-3)23-28(26)34(30)44-36(40)42-22-16-12-10-8-5-2/h13-14,17-20,23H,4-12,15-16,21-22H2,1-3H3. The lowest BCUT2D eigenvalue weighted by Gasteiger charge is -2.29. The maximum Gasteiger partial charge on any atom is 0.513 e. The molecule has 44 heavy (non-hydrogen) atoms. The summed E-state index contributed by atoms with van der Waals surface area (Å²) < 4.78 is 22.2. The summed E-state index contributed by atoms with van der Waals surface area (Å²) in [5, 5.41) is 0. The third-order valence-corrected chi connectivity index (χ3v) is 7.86. The van der Waals surface area contributed by atoms with E-state index in [4.69, 9.17) is 18.9 Å². The van der Waals surface area contributed by atoms with Gasteiger partial charge in [-0.1, -0.05) is 109 Å². The van der Waals surface area contributed by atoms with Crippen LogP contribution in [0.5, 0.6) is 0 Å². The third-order valence-electron chi connectivity index (χ3n) is 7.86. The Labute approximate surface area is 259 Å². The number of ketones is 2. The highest BCUT2D eigenvalue weighted by molar-refractivity contribution is 6.34. The molecule has 0 heterocycles. The zero-order valence-corrected chi connectivity index (χ0v) is 26.0. The molecule has 0 spiro atoms. The van der Waals surface area contributed by atoms with Gasteiger partial charge in [0.2, 0.25) is 0 Å². The van der Waals surface area contributed by atoms with Crippen LogP contribution in [0.15, 0.2) is 53.6 Å². The van der Waals surface area contributed by atoms with Gasteiger partial charge in [0.1, 0.15) is 0 Å². The number of aryl methyl sites for hydroxylation is 1. The zero-order valence-electron chi connectivity index (χ0n) is 26.0. The van der Waals surface area contributed by atoms with Crippen LogP contribution in [0.3, 0.4) is 0 Å². The molecule has 0 N–H and O–H groups in total. The summed E-state index contributed by atoms with van der Waals surface area (Å²) >= 11 is 0. The van der Waals surface area contributed by atoms with Gasteiger partial charge in [-0.15, -0.1) is 0 Å². The molecule has 2 aromatic carbocycles. The first-order valence-corrected chi connectivity index (χ1v) is 15.9. The SMILES string of the molecule is CCCCCCCOC(=O)OC1=C2C(=O)c3ccc(CC)cc3C(OC(=O)OCCCCCCC)=C2C(=O)c2ccccc21. The number of benzene rings is 2. The Bertz CT molecular complexity index is 1450. The van der Waals surface area contributed by atoms with Crippen LogP contribution in [-0.2, 0) is 25.4 Å². The average Bonchev–Trinajstić information content (AvgIpc) is 3.03. The van der Waals surface area contributed by atoms with Gasteiger partial charge in [0.05, 0.1) is 24.4 Å². The van der Waals surface area contributed by atoms with Gasteiger partial charge in [-0.2, -0.15) is 0 Å². The van der Waals surface area contributed by atoms with Crippen LogP contribution in [0.2, 0.25) is 0 Å². The largest absolute Gasteiger partial charge is 0.513 e. The normalized spacial score (nSPS) is 13.7. The number of ether oxygens (including phenoxy) is 4. The van der Waals surface area contributed by atoms with Crippen molar-refractivity contribution in [3.8, 4) is 0 Å². The maximum absolute atomic E-state index is 14.0. The summed E-state index contributed by atoms with van der Waals surface area (Å²) in [7, 11) is 0. The number of hydrogen-bond acceptors (Lipinski definition) is 8. The lowest BCUT2D eigenvalue weighted by atomic mass is 9.76. The molecule has 0 saturated heterocycles. The molecular weight excluding hydrogens is 560 g/mol. The lowest BCUT2D eigenvalue weighted by Crippen LogP contribution is -2.29. The number of hydrogen-bond donors (Lipinski definition) is 0. The van der Waals surface area contributed by atoms with E-state index < -0.39 is 23.9 Å². The van der Waals surface area contributed by atoms with Crippen LogP contribution in [0.1, 0.15) is 122 Å². The van der Waals surface area contributed by atoms with E-state index in [1.807, 2.05) is 6.92 Å². The van der Waals surface area contributed by atoms with E-state index in [0.29, 0.717) is 24.8 Å². The number of allylic oxidation sites excluding steroid dienone is 2. The number of Topliss-reactive ketones (excluding diaryl/α,β-unsaturated/α-hetero) is 2. The van der Waals surface area contributed by atoms with E-state index >= 15 is 0 Å². The molecule has 0 amide bonds. The number of rotatable bonds is 15. The number of carbonyl (C=O) groups is 4. The van der Waals surface area contributed by atoms with Gasteiger partial charge in [0.25, 0.3) is 0 Å². The predicted octanol–water partition coefficient (Wildman–Crippen LogP) is 9.01. The molecule has 8 heteroatoms. The number of unbranched alkanes of at least 4 members (excludes halogenated alkanes) is 8. The van der Waals surface area contributed by atoms with Crippen LogP contribution in [-0.4, -0.2) is 37.1 Å². The lowest BCUT2D eigenvalue weighted by molar-refractivity contribution is 0.0841. The minimum atomic E-state index is -0.976. The highest BCUT2D eigenvalue weighted by Crippen LogP contribution is 2.45. The Morgan fingerprint density at radius 1 is 0.568 bits per heavy atom. The average molecular weight is 603 g/mol. The second-order valence-electron chi connectivity index (χ2n) is 11.1. The minimum Gasteiger partial charge on any atom is -0.434 e. The van der Waals surface area contributed by atoms with E-state index in [0.717, 1.165) is 56.9 Å². The van der Waals surface area contributed by atoms with Crippen molar-refractivity contribution >= 4 is 35.4 Å². The Morgan fingerprint density at radius 3 is 1.57 bits per heavy atom. The molecule has 4 rings (SSSR count). The Balaban J connectivity index is 1.71. The van der Waals surface area contributed by atoms with Crippen LogP contribution in [0.25, 0.3) is 11.5 Å². The van der Waals surface area contributed by atoms with E-state index in [1.54, 1.807) is 42.5 Å². The molecule has 2 aliphatic rings. The molecule has 0 bridgehead atoms. The van der Waals surface area contributed by atoms with Crippen molar-refractivity contribution in [3.63, 3.8) is 0 Å². The van der Waals surface area contributed by atoms with E-state index in [-0.39, 0.29) is 52.6 Å².